The lowest BCUT2D eigenvalue weighted by molar-refractivity contribution is -0.136. The van der Waals surface area contributed by atoms with Crippen molar-refractivity contribution >= 4 is 29.0 Å². The Kier molecular flexibility index (Phi) is 6.06. The molecule has 1 aromatic carbocycles. The second-order valence-corrected chi connectivity index (χ2v) is 8.51. The zero-order valence-electron chi connectivity index (χ0n) is 17.2. The fourth-order valence-corrected chi connectivity index (χ4v) is 4.76. The molecule has 2 aromatic rings. The summed E-state index contributed by atoms with van der Waals surface area (Å²) < 4.78 is 5.05. The largest absolute Gasteiger partial charge is 0.466 e. The third-order valence-corrected chi connectivity index (χ3v) is 6.44. The van der Waals surface area contributed by atoms with Gasteiger partial charge in [0, 0.05) is 49.0 Å². The predicted molar refractivity (Wildman–Crippen MR) is 118 cm³/mol. The molecule has 0 aliphatic carbocycles. The highest BCUT2D eigenvalue weighted by atomic mass is 32.1. The molecule has 1 saturated heterocycles. The molecule has 4 rings (SSSR count). The first-order chi connectivity index (χ1) is 14.5. The minimum atomic E-state index is -0.491. The molecule has 2 N–H and O–H groups in total. The smallest absolute Gasteiger partial charge is 0.338 e. The molecule has 8 heteroatoms. The topological polar surface area (TPSA) is 73.9 Å². The van der Waals surface area contributed by atoms with E-state index >= 15 is 0 Å². The summed E-state index contributed by atoms with van der Waals surface area (Å²) in [5.74, 6) is -0.422. The van der Waals surface area contributed by atoms with E-state index in [-0.39, 0.29) is 6.03 Å². The second kappa shape index (κ2) is 8.89. The van der Waals surface area contributed by atoms with Gasteiger partial charge in [-0.2, -0.15) is 0 Å². The zero-order valence-corrected chi connectivity index (χ0v) is 18.0. The summed E-state index contributed by atoms with van der Waals surface area (Å²) in [6.07, 6.45) is 0. The van der Waals surface area contributed by atoms with Crippen molar-refractivity contribution in [1.29, 1.82) is 0 Å². The Labute approximate surface area is 180 Å². The lowest BCUT2D eigenvalue weighted by Gasteiger charge is -2.38. The summed E-state index contributed by atoms with van der Waals surface area (Å²) >= 11 is 1.51. The number of esters is 1. The number of anilines is 1. The zero-order chi connectivity index (χ0) is 21.1. The molecule has 1 atom stereocenters. The number of urea groups is 1. The van der Waals surface area contributed by atoms with Crippen LogP contribution in [0.1, 0.15) is 16.5 Å². The fourth-order valence-electron chi connectivity index (χ4n) is 3.98. The summed E-state index contributed by atoms with van der Waals surface area (Å²) in [5.41, 5.74) is 3.57. The average molecular weight is 427 g/mol. The van der Waals surface area contributed by atoms with Crippen LogP contribution in [0.3, 0.4) is 0 Å². The van der Waals surface area contributed by atoms with E-state index < -0.39 is 12.0 Å². The maximum Gasteiger partial charge on any atom is 0.338 e. The van der Waals surface area contributed by atoms with Crippen molar-refractivity contribution in [3.8, 4) is 0 Å². The molecule has 1 fully saturated rings. The van der Waals surface area contributed by atoms with Crippen molar-refractivity contribution in [2.24, 2.45) is 0 Å². The van der Waals surface area contributed by atoms with Gasteiger partial charge in [0.1, 0.15) is 0 Å². The normalized spacial score (nSPS) is 20.0. The van der Waals surface area contributed by atoms with E-state index in [0.717, 1.165) is 31.1 Å². The molecule has 2 aliphatic rings. The number of carbonyl (C=O) groups excluding carboxylic acids is 2. The highest BCUT2D eigenvalue weighted by Crippen LogP contribution is 2.31. The van der Waals surface area contributed by atoms with E-state index in [0.29, 0.717) is 17.8 Å². The van der Waals surface area contributed by atoms with Gasteiger partial charge in [-0.15, -0.1) is 11.3 Å². The van der Waals surface area contributed by atoms with Crippen LogP contribution in [0, 0.1) is 6.92 Å². The second-order valence-electron chi connectivity index (χ2n) is 7.53. The van der Waals surface area contributed by atoms with Crippen LogP contribution in [0.2, 0.25) is 0 Å². The van der Waals surface area contributed by atoms with Gasteiger partial charge in [-0.3, -0.25) is 4.90 Å². The molecule has 2 amide bonds. The van der Waals surface area contributed by atoms with Gasteiger partial charge in [0.25, 0.3) is 0 Å². The Morgan fingerprint density at radius 3 is 2.67 bits per heavy atom. The van der Waals surface area contributed by atoms with Gasteiger partial charge in [0.15, 0.2) is 0 Å². The van der Waals surface area contributed by atoms with E-state index in [1.54, 1.807) is 0 Å². The number of hydrogen-bond donors (Lipinski definition) is 2. The first kappa shape index (κ1) is 20.4. The molecule has 30 heavy (non-hydrogen) atoms. The van der Waals surface area contributed by atoms with Crippen molar-refractivity contribution in [2.45, 2.75) is 13.0 Å². The SMILES string of the molecule is COC(=O)C1=C(CN2CCN(c3cccc(C)c3)CC2)NC(=O)NC1c1cccs1. The molecule has 2 aliphatic heterocycles. The molecule has 1 aromatic heterocycles. The number of aryl methyl sites for hydroxylation is 1. The lowest BCUT2D eigenvalue weighted by Crippen LogP contribution is -2.51. The van der Waals surface area contributed by atoms with E-state index in [2.05, 4.69) is 51.6 Å². The third-order valence-electron chi connectivity index (χ3n) is 5.51. The van der Waals surface area contributed by atoms with E-state index in [1.807, 2.05) is 17.5 Å². The maximum atomic E-state index is 12.6. The Morgan fingerprint density at radius 2 is 2.00 bits per heavy atom. The number of thiophene rings is 1. The Bertz CT molecular complexity index is 949. The number of hydrogen-bond acceptors (Lipinski definition) is 6. The first-order valence-corrected chi connectivity index (χ1v) is 10.9. The summed E-state index contributed by atoms with van der Waals surface area (Å²) in [4.78, 5) is 30.5. The van der Waals surface area contributed by atoms with Gasteiger partial charge in [-0.1, -0.05) is 18.2 Å². The van der Waals surface area contributed by atoms with Gasteiger partial charge >= 0.3 is 12.0 Å². The van der Waals surface area contributed by atoms with Crippen molar-refractivity contribution in [2.75, 3.05) is 44.7 Å². The van der Waals surface area contributed by atoms with Gasteiger partial charge < -0.3 is 20.3 Å². The van der Waals surface area contributed by atoms with Crippen LogP contribution in [0.15, 0.2) is 53.0 Å². The monoisotopic (exact) mass is 426 g/mol. The summed E-state index contributed by atoms with van der Waals surface area (Å²) in [6, 6.07) is 11.6. The van der Waals surface area contributed by atoms with Crippen LogP contribution >= 0.6 is 11.3 Å². The molecule has 0 saturated carbocycles. The van der Waals surface area contributed by atoms with Crippen molar-refractivity contribution in [3.63, 3.8) is 0 Å². The third kappa shape index (κ3) is 4.34. The average Bonchev–Trinajstić information content (AvgIpc) is 3.28. The highest BCUT2D eigenvalue weighted by Gasteiger charge is 2.35. The maximum absolute atomic E-state index is 12.6. The highest BCUT2D eigenvalue weighted by molar-refractivity contribution is 7.10. The number of nitrogens with zero attached hydrogens (tertiary/aromatic N) is 2. The molecule has 3 heterocycles. The Balaban J connectivity index is 1.51. The van der Waals surface area contributed by atoms with Crippen LogP contribution in [0.5, 0.6) is 0 Å². The summed E-state index contributed by atoms with van der Waals surface area (Å²) in [7, 11) is 1.37. The van der Waals surface area contributed by atoms with Crippen LogP contribution in [0.4, 0.5) is 10.5 Å². The number of piperazine rings is 1. The number of benzene rings is 1. The van der Waals surface area contributed by atoms with Gasteiger partial charge in [0.2, 0.25) is 0 Å². The van der Waals surface area contributed by atoms with Crippen molar-refractivity contribution in [1.82, 2.24) is 15.5 Å². The van der Waals surface area contributed by atoms with Crippen LogP contribution < -0.4 is 15.5 Å². The molecule has 1 unspecified atom stereocenters. The number of methoxy groups -OCH3 is 1. The summed E-state index contributed by atoms with van der Waals surface area (Å²) in [5, 5.41) is 7.64. The van der Waals surface area contributed by atoms with Gasteiger partial charge in [-0.05, 0) is 36.1 Å². The minimum Gasteiger partial charge on any atom is -0.466 e. The predicted octanol–water partition coefficient (Wildman–Crippen LogP) is 2.66. The molecule has 158 valence electrons. The molecular weight excluding hydrogens is 400 g/mol. The van der Waals surface area contributed by atoms with Gasteiger partial charge in [-0.25, -0.2) is 9.59 Å². The molecule has 0 radical (unpaired) electrons. The van der Waals surface area contributed by atoms with Crippen LogP contribution in [-0.2, 0) is 9.53 Å². The Hall–Kier alpha value is -2.84. The molecule has 0 spiro atoms. The van der Waals surface area contributed by atoms with Crippen molar-refractivity contribution in [3.05, 3.63) is 63.5 Å². The standard InChI is InChI=1S/C22H26N4O3S/c1-15-5-3-6-16(13-15)26-10-8-25(9-11-26)14-17-19(21(27)29-2)20(24-22(28)23-17)18-7-4-12-30-18/h3-7,12-13,20H,8-11,14H2,1-2H3,(H2,23,24,28). The minimum absolute atomic E-state index is 0.297. The number of ether oxygens (including phenoxy) is 1. The number of carbonyl (C=O) groups is 2. The molecule has 7 nitrogen and oxygen atoms in total. The fraction of sp³-hybridized carbons (Fsp3) is 0.364. The van der Waals surface area contributed by atoms with Crippen LogP contribution in [-0.4, -0.2) is 56.7 Å². The lowest BCUT2D eigenvalue weighted by atomic mass is 10.0. The van der Waals surface area contributed by atoms with Crippen LogP contribution in [0.25, 0.3) is 0 Å². The van der Waals surface area contributed by atoms with E-state index in [1.165, 1.54) is 29.7 Å². The molecule has 0 bridgehead atoms. The van der Waals surface area contributed by atoms with E-state index in [9.17, 15) is 9.59 Å². The summed E-state index contributed by atoms with van der Waals surface area (Å²) in [6.45, 7) is 6.08. The quantitative estimate of drug-likeness (QED) is 0.719. The molecular formula is C22H26N4O3S. The number of nitrogens with one attached hydrogen (secondary N) is 2. The van der Waals surface area contributed by atoms with Crippen molar-refractivity contribution < 1.29 is 14.3 Å². The number of rotatable bonds is 5. The van der Waals surface area contributed by atoms with Gasteiger partial charge in [0.05, 0.1) is 18.7 Å². The first-order valence-electron chi connectivity index (χ1n) is 10.0. The Morgan fingerprint density at radius 1 is 1.20 bits per heavy atom. The van der Waals surface area contributed by atoms with E-state index in [4.69, 9.17) is 4.74 Å². The number of amides is 2.